The van der Waals surface area contributed by atoms with Crippen molar-refractivity contribution in [2.45, 2.75) is 32.2 Å². The number of hydrogen-bond acceptors (Lipinski definition) is 3. The van der Waals surface area contributed by atoms with Crippen LogP contribution in [0.1, 0.15) is 26.2 Å². The van der Waals surface area contributed by atoms with Crippen molar-refractivity contribution in [2.24, 2.45) is 0 Å². The fourth-order valence-corrected chi connectivity index (χ4v) is 1.41. The number of piperidine rings is 1. The normalized spacial score (nSPS) is 22.4. The van der Waals surface area contributed by atoms with Crippen molar-refractivity contribution in [3.05, 3.63) is 0 Å². The van der Waals surface area contributed by atoms with E-state index in [-0.39, 0.29) is 24.3 Å². The van der Waals surface area contributed by atoms with E-state index >= 15 is 0 Å². The molecule has 0 bridgehead atoms. The number of carbonyl (C=O) groups excluding carboxylic acids is 2. The van der Waals surface area contributed by atoms with Crippen LogP contribution in [0.2, 0.25) is 0 Å². The Morgan fingerprint density at radius 2 is 2.23 bits per heavy atom. The van der Waals surface area contributed by atoms with Gasteiger partial charge in [0, 0.05) is 0 Å². The lowest BCUT2D eigenvalue weighted by atomic mass is 10.0. The van der Waals surface area contributed by atoms with Crippen molar-refractivity contribution < 1.29 is 9.59 Å². The molecule has 0 radical (unpaired) electrons. The Morgan fingerprint density at radius 3 is 2.77 bits per heavy atom. The van der Waals surface area contributed by atoms with Crippen molar-refractivity contribution in [3.63, 3.8) is 0 Å². The maximum absolute atomic E-state index is 11.4. The van der Waals surface area contributed by atoms with E-state index in [1.807, 2.05) is 0 Å². The molecule has 4 heteroatoms. The lowest BCUT2D eigenvalue weighted by molar-refractivity contribution is -0.126. The van der Waals surface area contributed by atoms with E-state index in [0.29, 0.717) is 0 Å². The molecule has 0 aliphatic carbocycles. The second-order valence-corrected chi connectivity index (χ2v) is 3.42. The molecule has 0 aromatic carbocycles. The van der Waals surface area contributed by atoms with E-state index < -0.39 is 0 Å². The number of rotatable bonds is 3. The van der Waals surface area contributed by atoms with Crippen LogP contribution in [0.5, 0.6) is 0 Å². The summed E-state index contributed by atoms with van der Waals surface area (Å²) in [6.07, 6.45) is 3.10. The molecule has 1 saturated heterocycles. The van der Waals surface area contributed by atoms with Gasteiger partial charge in [-0.3, -0.25) is 9.59 Å². The van der Waals surface area contributed by atoms with E-state index in [1.165, 1.54) is 6.92 Å². The highest BCUT2D eigenvalue weighted by atomic mass is 16.2. The molecule has 4 nitrogen and oxygen atoms in total. The highest BCUT2D eigenvalue weighted by molar-refractivity contribution is 5.87. The Balaban J connectivity index is 2.25. The largest absolute Gasteiger partial charge is 0.348 e. The molecule has 1 aliphatic rings. The molecule has 1 aliphatic heterocycles. The molecule has 1 rings (SSSR count). The fourth-order valence-electron chi connectivity index (χ4n) is 1.41. The minimum atomic E-state index is -0.0897. The molecular weight excluding hydrogens is 168 g/mol. The second-order valence-electron chi connectivity index (χ2n) is 3.42. The molecule has 1 fully saturated rings. The molecule has 0 aromatic rings. The molecule has 1 unspecified atom stereocenters. The van der Waals surface area contributed by atoms with Crippen molar-refractivity contribution >= 4 is 11.7 Å². The van der Waals surface area contributed by atoms with E-state index in [9.17, 15) is 9.59 Å². The highest BCUT2D eigenvalue weighted by Crippen LogP contribution is 2.06. The zero-order valence-corrected chi connectivity index (χ0v) is 7.93. The van der Waals surface area contributed by atoms with Gasteiger partial charge in [-0.2, -0.15) is 0 Å². The van der Waals surface area contributed by atoms with E-state index in [2.05, 4.69) is 10.6 Å². The number of Topliss-reactive ketones (excluding diaryl/α,β-unsaturated/α-hetero) is 1. The van der Waals surface area contributed by atoms with Gasteiger partial charge in [-0.05, 0) is 26.3 Å². The van der Waals surface area contributed by atoms with E-state index in [4.69, 9.17) is 0 Å². The van der Waals surface area contributed by atoms with Gasteiger partial charge in [0.2, 0.25) is 5.91 Å². The molecular formula is C9H16N2O2. The summed E-state index contributed by atoms with van der Waals surface area (Å²) < 4.78 is 0. The number of hydrogen-bond donors (Lipinski definition) is 2. The first-order valence-corrected chi connectivity index (χ1v) is 4.70. The average Bonchev–Trinajstić information content (AvgIpc) is 2.15. The van der Waals surface area contributed by atoms with Crippen LogP contribution in [0.4, 0.5) is 0 Å². The van der Waals surface area contributed by atoms with Crippen LogP contribution in [0, 0.1) is 0 Å². The number of carbonyl (C=O) groups is 2. The summed E-state index contributed by atoms with van der Waals surface area (Å²) in [7, 11) is 0. The van der Waals surface area contributed by atoms with Crippen LogP contribution in [0.3, 0.4) is 0 Å². The first-order valence-electron chi connectivity index (χ1n) is 4.70. The van der Waals surface area contributed by atoms with Crippen LogP contribution in [0.25, 0.3) is 0 Å². The predicted octanol–water partition coefficient (Wildman–Crippen LogP) is -0.166. The minimum Gasteiger partial charge on any atom is -0.348 e. The topological polar surface area (TPSA) is 58.2 Å². The van der Waals surface area contributed by atoms with Gasteiger partial charge in [0.1, 0.15) is 5.78 Å². The van der Waals surface area contributed by atoms with Gasteiger partial charge in [-0.25, -0.2) is 0 Å². The van der Waals surface area contributed by atoms with Crippen molar-refractivity contribution in [1.29, 1.82) is 0 Å². The van der Waals surface area contributed by atoms with Gasteiger partial charge in [-0.15, -0.1) is 0 Å². The zero-order chi connectivity index (χ0) is 9.68. The molecule has 13 heavy (non-hydrogen) atoms. The third kappa shape index (κ3) is 3.55. The van der Waals surface area contributed by atoms with Crippen LogP contribution in [-0.2, 0) is 9.59 Å². The molecule has 1 amide bonds. The van der Waals surface area contributed by atoms with Crippen LogP contribution >= 0.6 is 0 Å². The fraction of sp³-hybridized carbons (Fsp3) is 0.778. The number of amides is 1. The lowest BCUT2D eigenvalue weighted by Gasteiger charge is -2.22. The van der Waals surface area contributed by atoms with Gasteiger partial charge in [0.15, 0.2) is 0 Å². The summed E-state index contributed by atoms with van der Waals surface area (Å²) in [5.41, 5.74) is 0. The monoisotopic (exact) mass is 184 g/mol. The van der Waals surface area contributed by atoms with Crippen LogP contribution in [0.15, 0.2) is 0 Å². The third-order valence-corrected chi connectivity index (χ3v) is 2.14. The SMILES string of the molecule is CC(=O)CNC(=O)C1CCCCN1. The molecule has 2 N–H and O–H groups in total. The maximum atomic E-state index is 11.4. The lowest BCUT2D eigenvalue weighted by Crippen LogP contribution is -2.47. The molecule has 74 valence electrons. The second kappa shape index (κ2) is 4.97. The summed E-state index contributed by atoms with van der Waals surface area (Å²) in [5, 5.41) is 5.72. The standard InChI is InChI=1S/C9H16N2O2/c1-7(12)6-11-9(13)8-4-2-3-5-10-8/h8,10H,2-6H2,1H3,(H,11,13). The highest BCUT2D eigenvalue weighted by Gasteiger charge is 2.19. The predicted molar refractivity (Wildman–Crippen MR) is 49.3 cm³/mol. The number of ketones is 1. The third-order valence-electron chi connectivity index (χ3n) is 2.14. The first-order chi connectivity index (χ1) is 6.20. The van der Waals surface area contributed by atoms with E-state index in [1.54, 1.807) is 0 Å². The molecule has 0 spiro atoms. The Kier molecular flexibility index (Phi) is 3.89. The molecule has 1 heterocycles. The molecule has 1 atom stereocenters. The van der Waals surface area contributed by atoms with Gasteiger partial charge in [0.25, 0.3) is 0 Å². The maximum Gasteiger partial charge on any atom is 0.237 e. The van der Waals surface area contributed by atoms with Gasteiger partial charge in [0.05, 0.1) is 12.6 Å². The Morgan fingerprint density at radius 1 is 1.46 bits per heavy atom. The van der Waals surface area contributed by atoms with Crippen LogP contribution in [-0.4, -0.2) is 30.8 Å². The Hall–Kier alpha value is -0.900. The van der Waals surface area contributed by atoms with Gasteiger partial charge < -0.3 is 10.6 Å². The van der Waals surface area contributed by atoms with Crippen molar-refractivity contribution in [2.75, 3.05) is 13.1 Å². The number of nitrogens with one attached hydrogen (secondary N) is 2. The van der Waals surface area contributed by atoms with Crippen molar-refractivity contribution in [3.8, 4) is 0 Å². The quantitative estimate of drug-likeness (QED) is 0.640. The summed E-state index contributed by atoms with van der Waals surface area (Å²) >= 11 is 0. The summed E-state index contributed by atoms with van der Waals surface area (Å²) in [5.74, 6) is -0.0564. The first kappa shape index (κ1) is 10.2. The average molecular weight is 184 g/mol. The summed E-state index contributed by atoms with van der Waals surface area (Å²) in [6, 6.07) is -0.0897. The van der Waals surface area contributed by atoms with Gasteiger partial charge >= 0.3 is 0 Å². The smallest absolute Gasteiger partial charge is 0.237 e. The summed E-state index contributed by atoms with van der Waals surface area (Å²) in [6.45, 7) is 2.52. The molecule has 0 saturated carbocycles. The van der Waals surface area contributed by atoms with Gasteiger partial charge in [-0.1, -0.05) is 6.42 Å². The Bertz CT molecular complexity index is 198. The van der Waals surface area contributed by atoms with Crippen molar-refractivity contribution in [1.82, 2.24) is 10.6 Å². The molecule has 0 aromatic heterocycles. The minimum absolute atomic E-state index is 0.0100. The summed E-state index contributed by atoms with van der Waals surface area (Å²) in [4.78, 5) is 22.0. The zero-order valence-electron chi connectivity index (χ0n) is 7.93. The Labute approximate surface area is 78.1 Å². The van der Waals surface area contributed by atoms with E-state index in [0.717, 1.165) is 25.8 Å². The van der Waals surface area contributed by atoms with Crippen LogP contribution < -0.4 is 10.6 Å².